The number of carbonyl (C=O) groups is 1. The molecule has 1 saturated heterocycles. The second-order valence-electron chi connectivity index (χ2n) is 11.5. The summed E-state index contributed by atoms with van der Waals surface area (Å²) in [4.78, 5) is 27.1. The number of ether oxygens (including phenoxy) is 3. The van der Waals surface area contributed by atoms with Crippen LogP contribution in [-0.2, 0) is 33.6 Å². The van der Waals surface area contributed by atoms with Crippen LogP contribution in [0.25, 0.3) is 11.0 Å². The van der Waals surface area contributed by atoms with Gasteiger partial charge in [0.2, 0.25) is 0 Å². The van der Waals surface area contributed by atoms with Gasteiger partial charge in [0.15, 0.2) is 0 Å². The molecule has 1 aromatic heterocycles. The summed E-state index contributed by atoms with van der Waals surface area (Å²) < 4.78 is 20.8. The zero-order valence-corrected chi connectivity index (χ0v) is 23.1. The first kappa shape index (κ1) is 26.5. The maximum atomic E-state index is 12.9. The van der Waals surface area contributed by atoms with Crippen LogP contribution in [0.5, 0.6) is 0 Å². The molecule has 2 heterocycles. The number of amides is 1. The molecule has 3 rings (SSSR count). The van der Waals surface area contributed by atoms with E-state index in [1.807, 2.05) is 39.0 Å². The van der Waals surface area contributed by atoms with Gasteiger partial charge in [-0.15, -0.1) is 0 Å². The number of fused-ring (bicyclic) bond motifs is 1. The monoisotopic (exact) mass is 491 g/mol. The van der Waals surface area contributed by atoms with Gasteiger partial charge in [-0.1, -0.05) is 25.7 Å². The van der Waals surface area contributed by atoms with Gasteiger partial charge in [0.05, 0.1) is 16.6 Å². The van der Waals surface area contributed by atoms with E-state index in [0.29, 0.717) is 32.5 Å². The lowest BCUT2D eigenvalue weighted by atomic mass is 9.84. The van der Waals surface area contributed by atoms with Crippen molar-refractivity contribution in [2.75, 3.05) is 26.8 Å². The molecule has 34 heavy (non-hydrogen) atoms. The summed E-state index contributed by atoms with van der Waals surface area (Å²) in [7, 11) is 2.32. The Morgan fingerprint density at radius 1 is 1.12 bits per heavy atom. The number of nitrogens with zero attached hydrogens (tertiary/aromatic N) is 3. The van der Waals surface area contributed by atoms with Gasteiger partial charge in [0.25, 0.3) is 0 Å². The number of carbonyl (C=O) groups excluding carboxylic acids is 1. The average Bonchev–Trinajstić information content (AvgIpc) is 2.99. The van der Waals surface area contributed by atoms with Crippen molar-refractivity contribution < 1.29 is 19.0 Å². The molecule has 1 aliphatic heterocycles. The molecule has 9 heteroatoms. The molecule has 2 aromatic rings. The second-order valence-corrected chi connectivity index (χ2v) is 17.1. The molecule has 1 aliphatic rings. The Hall–Kier alpha value is -2.10. The van der Waals surface area contributed by atoms with E-state index in [1.54, 1.807) is 28.2 Å². The van der Waals surface area contributed by atoms with E-state index in [9.17, 15) is 9.59 Å². The van der Waals surface area contributed by atoms with Crippen molar-refractivity contribution in [3.63, 3.8) is 0 Å². The molecule has 0 aliphatic carbocycles. The third kappa shape index (κ3) is 5.93. The first-order chi connectivity index (χ1) is 15.8. The standard InChI is InChI=1S/C25H41N3O5Si/c1-24(2,3)33-23(30)27-13-11-25(31-5,12-14-27)19-9-10-20-21(17-19)26(4)22(29)28(20)18-32-15-16-34(6,7)8/h9-10,17H,11-16,18H2,1-8H3. The Labute approximate surface area is 203 Å². The van der Waals surface area contributed by atoms with Crippen molar-refractivity contribution in [2.45, 2.75) is 77.2 Å². The van der Waals surface area contributed by atoms with E-state index in [2.05, 4.69) is 19.6 Å². The zero-order valence-electron chi connectivity index (χ0n) is 22.1. The van der Waals surface area contributed by atoms with Gasteiger partial charge in [0.1, 0.15) is 12.3 Å². The van der Waals surface area contributed by atoms with Crippen molar-refractivity contribution >= 4 is 25.2 Å². The molecular weight excluding hydrogens is 450 g/mol. The van der Waals surface area contributed by atoms with E-state index < -0.39 is 19.3 Å². The van der Waals surface area contributed by atoms with Crippen molar-refractivity contribution in [1.29, 1.82) is 0 Å². The van der Waals surface area contributed by atoms with Gasteiger partial charge in [-0.25, -0.2) is 9.59 Å². The summed E-state index contributed by atoms with van der Waals surface area (Å²) in [6.45, 7) is 14.6. The van der Waals surface area contributed by atoms with Gasteiger partial charge in [-0.3, -0.25) is 9.13 Å². The maximum Gasteiger partial charge on any atom is 0.410 e. The number of piperidine rings is 1. The molecule has 8 nitrogen and oxygen atoms in total. The number of rotatable bonds is 7. The SMILES string of the molecule is COC1(c2ccc3c(c2)n(C)c(=O)n3COCC[Si](C)(C)C)CCN(C(=O)OC(C)(C)C)CC1. The van der Waals surface area contributed by atoms with Crippen LogP contribution in [0.4, 0.5) is 4.79 Å². The quantitative estimate of drug-likeness (QED) is 0.420. The summed E-state index contributed by atoms with van der Waals surface area (Å²) in [6.07, 6.45) is 1.02. The fourth-order valence-electron chi connectivity index (χ4n) is 4.34. The van der Waals surface area contributed by atoms with Gasteiger partial charge in [0, 0.05) is 41.9 Å². The van der Waals surface area contributed by atoms with E-state index in [1.165, 1.54) is 0 Å². The first-order valence-electron chi connectivity index (χ1n) is 12.1. The highest BCUT2D eigenvalue weighted by molar-refractivity contribution is 6.76. The Bertz CT molecular complexity index is 1070. The molecule has 0 radical (unpaired) electrons. The Morgan fingerprint density at radius 3 is 2.32 bits per heavy atom. The highest BCUT2D eigenvalue weighted by Gasteiger charge is 2.39. The normalized spacial score (nSPS) is 16.8. The molecule has 1 aromatic carbocycles. The molecule has 190 valence electrons. The Balaban J connectivity index is 1.79. The summed E-state index contributed by atoms with van der Waals surface area (Å²) in [6, 6.07) is 7.12. The number of benzene rings is 1. The topological polar surface area (TPSA) is 74.9 Å². The lowest BCUT2D eigenvalue weighted by Gasteiger charge is -2.41. The van der Waals surface area contributed by atoms with Gasteiger partial charge < -0.3 is 19.1 Å². The molecule has 0 saturated carbocycles. The van der Waals surface area contributed by atoms with E-state index >= 15 is 0 Å². The minimum atomic E-state index is -1.18. The van der Waals surface area contributed by atoms with E-state index in [0.717, 1.165) is 22.6 Å². The summed E-state index contributed by atoms with van der Waals surface area (Å²) in [5.41, 5.74) is 1.58. The number of likely N-dealkylation sites (tertiary alicyclic amines) is 1. The third-order valence-corrected chi connectivity index (χ3v) is 8.21. The minimum absolute atomic E-state index is 0.0913. The van der Waals surface area contributed by atoms with E-state index in [-0.39, 0.29) is 18.5 Å². The summed E-state index contributed by atoms with van der Waals surface area (Å²) in [5, 5.41) is 0. The largest absolute Gasteiger partial charge is 0.444 e. The van der Waals surface area contributed by atoms with Crippen LogP contribution in [0.15, 0.2) is 23.0 Å². The van der Waals surface area contributed by atoms with Gasteiger partial charge >= 0.3 is 11.8 Å². The van der Waals surface area contributed by atoms with Crippen LogP contribution in [-0.4, -0.2) is 60.6 Å². The minimum Gasteiger partial charge on any atom is -0.444 e. The predicted molar refractivity (Wildman–Crippen MR) is 137 cm³/mol. The number of aromatic nitrogens is 2. The third-order valence-electron chi connectivity index (χ3n) is 6.50. The van der Waals surface area contributed by atoms with Gasteiger partial charge in [-0.05, 0) is 57.4 Å². The number of imidazole rings is 1. The second kappa shape index (κ2) is 9.87. The van der Waals surface area contributed by atoms with Crippen LogP contribution in [0.1, 0.15) is 39.2 Å². The molecular formula is C25H41N3O5Si. The van der Waals surface area contributed by atoms with Crippen molar-refractivity contribution in [2.24, 2.45) is 7.05 Å². The van der Waals surface area contributed by atoms with Crippen molar-refractivity contribution in [3.05, 3.63) is 34.2 Å². The number of aryl methyl sites for hydroxylation is 1. The van der Waals surface area contributed by atoms with Crippen LogP contribution in [0.3, 0.4) is 0 Å². The fraction of sp³-hybridized carbons (Fsp3) is 0.680. The summed E-state index contributed by atoms with van der Waals surface area (Å²) in [5.74, 6) is 0. The number of methoxy groups -OCH3 is 1. The van der Waals surface area contributed by atoms with Crippen LogP contribution < -0.4 is 5.69 Å². The predicted octanol–water partition coefficient (Wildman–Crippen LogP) is 4.52. The molecule has 1 fully saturated rings. The van der Waals surface area contributed by atoms with Crippen molar-refractivity contribution in [3.8, 4) is 0 Å². The zero-order chi connectivity index (χ0) is 25.3. The fourth-order valence-corrected chi connectivity index (χ4v) is 5.09. The molecule has 0 N–H and O–H groups in total. The average molecular weight is 492 g/mol. The highest BCUT2D eigenvalue weighted by Crippen LogP contribution is 2.37. The van der Waals surface area contributed by atoms with Gasteiger partial charge in [-0.2, -0.15) is 0 Å². The first-order valence-corrected chi connectivity index (χ1v) is 15.8. The molecule has 0 atom stereocenters. The van der Waals surface area contributed by atoms with Crippen LogP contribution >= 0.6 is 0 Å². The van der Waals surface area contributed by atoms with E-state index in [4.69, 9.17) is 14.2 Å². The Morgan fingerprint density at radius 2 is 1.76 bits per heavy atom. The molecule has 1 amide bonds. The van der Waals surface area contributed by atoms with Crippen molar-refractivity contribution in [1.82, 2.24) is 14.0 Å². The lowest BCUT2D eigenvalue weighted by molar-refractivity contribution is -0.0650. The molecule has 0 bridgehead atoms. The number of hydrogen-bond acceptors (Lipinski definition) is 5. The number of hydrogen-bond donors (Lipinski definition) is 0. The Kier molecular flexibility index (Phi) is 7.69. The molecule has 0 unspecified atom stereocenters. The summed E-state index contributed by atoms with van der Waals surface area (Å²) >= 11 is 0. The smallest absolute Gasteiger partial charge is 0.410 e. The molecule has 0 spiro atoms. The van der Waals surface area contributed by atoms with Crippen LogP contribution in [0, 0.1) is 0 Å². The lowest BCUT2D eigenvalue weighted by Crippen LogP contribution is -2.47. The highest BCUT2D eigenvalue weighted by atomic mass is 28.3. The maximum absolute atomic E-state index is 12.9. The van der Waals surface area contributed by atoms with Crippen LogP contribution in [0.2, 0.25) is 25.7 Å².